The first-order valence-corrected chi connectivity index (χ1v) is 5.88. The molecule has 3 heteroatoms. The lowest BCUT2D eigenvalue weighted by atomic mass is 10.0. The quantitative estimate of drug-likeness (QED) is 0.590. The topological polar surface area (TPSA) is 43.4 Å². The van der Waals surface area contributed by atoms with Gasteiger partial charge in [0.1, 0.15) is 0 Å². The molecule has 0 aromatic heterocycles. The lowest BCUT2D eigenvalue weighted by Gasteiger charge is -2.01. The zero-order valence-electron chi connectivity index (χ0n) is 10.1. The molecule has 0 unspecified atom stereocenters. The molecular weight excluding hydrogens is 216 g/mol. The standard InChI is InChI=1S/C14H16O3/c1-3-9-4-6-10(7-5-9)13(15)11-8-12(11)14(16)17-2/h4-7,11-12H,3,8H2,1-2H3/t11-,12+/m0/s1. The number of ketones is 1. The van der Waals surface area contributed by atoms with E-state index in [0.29, 0.717) is 12.0 Å². The molecule has 2 atom stereocenters. The molecule has 1 aliphatic carbocycles. The number of carbonyl (C=O) groups is 2. The van der Waals surface area contributed by atoms with Gasteiger partial charge < -0.3 is 4.74 Å². The third-order valence-electron chi connectivity index (χ3n) is 3.28. The van der Waals surface area contributed by atoms with Crippen molar-refractivity contribution in [1.29, 1.82) is 0 Å². The Labute approximate surface area is 101 Å². The number of hydrogen-bond acceptors (Lipinski definition) is 3. The Morgan fingerprint density at radius 1 is 1.24 bits per heavy atom. The van der Waals surface area contributed by atoms with Crippen molar-refractivity contribution in [2.24, 2.45) is 11.8 Å². The van der Waals surface area contributed by atoms with E-state index in [2.05, 4.69) is 11.7 Å². The number of esters is 1. The molecule has 3 nitrogen and oxygen atoms in total. The number of benzene rings is 1. The van der Waals surface area contributed by atoms with Gasteiger partial charge in [0.05, 0.1) is 13.0 Å². The Morgan fingerprint density at radius 3 is 2.41 bits per heavy atom. The summed E-state index contributed by atoms with van der Waals surface area (Å²) in [5, 5.41) is 0. The van der Waals surface area contributed by atoms with Gasteiger partial charge in [-0.1, -0.05) is 31.2 Å². The van der Waals surface area contributed by atoms with E-state index >= 15 is 0 Å². The van der Waals surface area contributed by atoms with Gasteiger partial charge in [-0.2, -0.15) is 0 Å². The van der Waals surface area contributed by atoms with E-state index in [4.69, 9.17) is 0 Å². The summed E-state index contributed by atoms with van der Waals surface area (Å²) < 4.78 is 4.64. The number of aryl methyl sites for hydroxylation is 1. The van der Waals surface area contributed by atoms with Crippen LogP contribution in [0.3, 0.4) is 0 Å². The van der Waals surface area contributed by atoms with Crippen molar-refractivity contribution in [1.82, 2.24) is 0 Å². The van der Waals surface area contributed by atoms with Gasteiger partial charge in [0.25, 0.3) is 0 Å². The summed E-state index contributed by atoms with van der Waals surface area (Å²) >= 11 is 0. The van der Waals surface area contributed by atoms with Gasteiger partial charge in [-0.05, 0) is 18.4 Å². The van der Waals surface area contributed by atoms with E-state index in [1.807, 2.05) is 24.3 Å². The maximum absolute atomic E-state index is 12.0. The summed E-state index contributed by atoms with van der Waals surface area (Å²) in [6.07, 6.45) is 1.59. The Bertz CT molecular complexity index is 433. The highest BCUT2D eigenvalue weighted by Crippen LogP contribution is 2.41. The number of rotatable bonds is 4. The number of hydrogen-bond donors (Lipinski definition) is 0. The van der Waals surface area contributed by atoms with Crippen molar-refractivity contribution in [3.05, 3.63) is 35.4 Å². The molecule has 0 saturated heterocycles. The molecule has 1 fully saturated rings. The third-order valence-corrected chi connectivity index (χ3v) is 3.28. The van der Waals surface area contributed by atoms with Crippen LogP contribution in [0.25, 0.3) is 0 Å². The molecule has 0 radical (unpaired) electrons. The molecule has 1 saturated carbocycles. The van der Waals surface area contributed by atoms with Gasteiger partial charge in [-0.25, -0.2) is 0 Å². The number of carbonyl (C=O) groups excluding carboxylic acids is 2. The molecule has 1 aromatic carbocycles. The minimum Gasteiger partial charge on any atom is -0.469 e. The van der Waals surface area contributed by atoms with Crippen LogP contribution in [0.4, 0.5) is 0 Å². The van der Waals surface area contributed by atoms with Crippen molar-refractivity contribution < 1.29 is 14.3 Å². The summed E-state index contributed by atoms with van der Waals surface area (Å²) in [4.78, 5) is 23.3. The van der Waals surface area contributed by atoms with Gasteiger partial charge in [0, 0.05) is 11.5 Å². The molecule has 0 N–H and O–H groups in total. The summed E-state index contributed by atoms with van der Waals surface area (Å²) in [7, 11) is 1.36. The van der Waals surface area contributed by atoms with Gasteiger partial charge in [0.2, 0.25) is 0 Å². The van der Waals surface area contributed by atoms with E-state index in [-0.39, 0.29) is 23.6 Å². The average molecular weight is 232 g/mol. The maximum atomic E-state index is 12.0. The number of methoxy groups -OCH3 is 1. The third kappa shape index (κ3) is 2.38. The predicted octanol–water partition coefficient (Wildman–Crippen LogP) is 2.24. The number of Topliss-reactive ketones (excluding diaryl/α,β-unsaturated/α-hetero) is 1. The minimum absolute atomic E-state index is 0.0584. The zero-order valence-corrected chi connectivity index (χ0v) is 10.1. The predicted molar refractivity (Wildman–Crippen MR) is 63.8 cm³/mol. The van der Waals surface area contributed by atoms with Crippen LogP contribution in [0, 0.1) is 11.8 Å². The van der Waals surface area contributed by atoms with Crippen LogP contribution in [0.15, 0.2) is 24.3 Å². The minimum atomic E-state index is -0.270. The first-order valence-electron chi connectivity index (χ1n) is 5.88. The molecule has 17 heavy (non-hydrogen) atoms. The van der Waals surface area contributed by atoms with Crippen LogP contribution in [-0.2, 0) is 16.0 Å². The normalized spacial score (nSPS) is 22.0. The molecule has 0 spiro atoms. The fraction of sp³-hybridized carbons (Fsp3) is 0.429. The van der Waals surface area contributed by atoms with E-state index in [1.54, 1.807) is 0 Å². The van der Waals surface area contributed by atoms with Crippen molar-refractivity contribution in [2.45, 2.75) is 19.8 Å². The second kappa shape index (κ2) is 4.70. The fourth-order valence-corrected chi connectivity index (χ4v) is 2.02. The highest BCUT2D eigenvalue weighted by atomic mass is 16.5. The molecule has 1 aromatic rings. The van der Waals surface area contributed by atoms with E-state index in [0.717, 1.165) is 6.42 Å². The molecule has 0 aliphatic heterocycles. The summed E-state index contributed by atoms with van der Waals surface area (Å²) in [5.74, 6) is -0.607. The Hall–Kier alpha value is -1.64. The van der Waals surface area contributed by atoms with Gasteiger partial charge in [-0.3, -0.25) is 9.59 Å². The fourth-order valence-electron chi connectivity index (χ4n) is 2.02. The lowest BCUT2D eigenvalue weighted by molar-refractivity contribution is -0.142. The molecule has 0 amide bonds. The summed E-state index contributed by atoms with van der Waals surface area (Å²) in [5.41, 5.74) is 1.90. The largest absolute Gasteiger partial charge is 0.469 e. The summed E-state index contributed by atoms with van der Waals surface area (Å²) in [6.45, 7) is 2.07. The SMILES string of the molecule is CCc1ccc(C(=O)[C@H]2C[C@H]2C(=O)OC)cc1. The Balaban J connectivity index is 2.04. The van der Waals surface area contributed by atoms with E-state index < -0.39 is 0 Å². The van der Waals surface area contributed by atoms with Crippen LogP contribution >= 0.6 is 0 Å². The van der Waals surface area contributed by atoms with Crippen molar-refractivity contribution in [3.8, 4) is 0 Å². The van der Waals surface area contributed by atoms with Crippen LogP contribution in [0.1, 0.15) is 29.3 Å². The van der Waals surface area contributed by atoms with Gasteiger partial charge >= 0.3 is 5.97 Å². The van der Waals surface area contributed by atoms with Crippen LogP contribution < -0.4 is 0 Å². The van der Waals surface area contributed by atoms with Gasteiger partial charge in [-0.15, -0.1) is 0 Å². The van der Waals surface area contributed by atoms with Crippen molar-refractivity contribution >= 4 is 11.8 Å². The van der Waals surface area contributed by atoms with Gasteiger partial charge in [0.15, 0.2) is 5.78 Å². The van der Waals surface area contributed by atoms with Crippen molar-refractivity contribution in [2.75, 3.05) is 7.11 Å². The lowest BCUT2D eigenvalue weighted by Crippen LogP contribution is -2.10. The van der Waals surface area contributed by atoms with Crippen LogP contribution in [-0.4, -0.2) is 18.9 Å². The zero-order chi connectivity index (χ0) is 12.4. The number of ether oxygens (including phenoxy) is 1. The van der Waals surface area contributed by atoms with E-state index in [1.165, 1.54) is 12.7 Å². The van der Waals surface area contributed by atoms with Crippen LogP contribution in [0.2, 0.25) is 0 Å². The molecule has 0 bridgehead atoms. The smallest absolute Gasteiger partial charge is 0.309 e. The van der Waals surface area contributed by atoms with Crippen LogP contribution in [0.5, 0.6) is 0 Å². The Kier molecular flexibility index (Phi) is 3.27. The molecule has 1 aliphatic rings. The summed E-state index contributed by atoms with van der Waals surface area (Å²) in [6, 6.07) is 7.60. The molecule has 90 valence electrons. The highest BCUT2D eigenvalue weighted by molar-refractivity contribution is 6.02. The first-order chi connectivity index (χ1) is 8.17. The molecule has 0 heterocycles. The monoisotopic (exact) mass is 232 g/mol. The first kappa shape index (κ1) is 11.8. The van der Waals surface area contributed by atoms with E-state index in [9.17, 15) is 9.59 Å². The second-order valence-corrected chi connectivity index (χ2v) is 4.39. The van der Waals surface area contributed by atoms with Crippen molar-refractivity contribution in [3.63, 3.8) is 0 Å². The molecular formula is C14H16O3. The average Bonchev–Trinajstić information content (AvgIpc) is 3.17. The Morgan fingerprint density at radius 2 is 1.88 bits per heavy atom. The highest BCUT2D eigenvalue weighted by Gasteiger charge is 2.48. The second-order valence-electron chi connectivity index (χ2n) is 4.39. The maximum Gasteiger partial charge on any atom is 0.309 e. The molecule has 2 rings (SSSR count).